The van der Waals surface area contributed by atoms with Gasteiger partial charge in [0, 0.05) is 53.9 Å². The number of phenols is 1. The lowest BCUT2D eigenvalue weighted by molar-refractivity contribution is -0.152. The van der Waals surface area contributed by atoms with Crippen molar-refractivity contribution >= 4 is 29.6 Å². The van der Waals surface area contributed by atoms with Gasteiger partial charge in [-0.25, -0.2) is 4.79 Å². The minimum Gasteiger partial charge on any atom is -0.504 e. The van der Waals surface area contributed by atoms with Gasteiger partial charge in [0.1, 0.15) is 24.4 Å². The minimum atomic E-state index is -0.948. The van der Waals surface area contributed by atoms with E-state index in [2.05, 4.69) is 21.2 Å². The van der Waals surface area contributed by atoms with Crippen LogP contribution in [0.1, 0.15) is 64.6 Å². The van der Waals surface area contributed by atoms with Crippen molar-refractivity contribution in [1.82, 2.24) is 15.1 Å². The summed E-state index contributed by atoms with van der Waals surface area (Å²) in [5, 5.41) is 24.9. The van der Waals surface area contributed by atoms with Crippen molar-refractivity contribution in [3.8, 4) is 34.8 Å². The first-order chi connectivity index (χ1) is 22.5. The van der Waals surface area contributed by atoms with Crippen LogP contribution in [0.5, 0.6) is 28.7 Å². The number of carbonyl (C=O) groups excluding carboxylic acids is 3. The Bertz CT molecular complexity index is 1760. The van der Waals surface area contributed by atoms with Crippen LogP contribution in [0, 0.1) is 25.2 Å². The van der Waals surface area contributed by atoms with E-state index in [-0.39, 0.29) is 36.9 Å². The average molecular weight is 665 g/mol. The summed E-state index contributed by atoms with van der Waals surface area (Å²) in [5.41, 5.74) is 4.30. The monoisotopic (exact) mass is 664 g/mol. The van der Waals surface area contributed by atoms with Gasteiger partial charge in [0.05, 0.1) is 30.5 Å². The number of cyclic esters (lactones) is 1. The van der Waals surface area contributed by atoms with Crippen LogP contribution in [0.4, 0.5) is 0 Å². The van der Waals surface area contributed by atoms with Crippen molar-refractivity contribution < 1.29 is 43.2 Å². The number of hydrogen-bond acceptors (Lipinski definition) is 13. The molecule has 0 aliphatic carbocycles. The van der Waals surface area contributed by atoms with Crippen LogP contribution in [0.3, 0.4) is 0 Å². The number of phenolic OH excluding ortho intramolecular Hbond substituents is 1. The Morgan fingerprint density at radius 2 is 1.87 bits per heavy atom. The molecular formula is C33H36N4O9S. The van der Waals surface area contributed by atoms with Crippen LogP contribution in [0.25, 0.3) is 0 Å². The number of aryl methyl sites for hydroxylation is 1. The number of nitrogens with one attached hydrogen (secondary N) is 1. The smallest absolute Gasteiger partial charge is 0.329 e. The van der Waals surface area contributed by atoms with Gasteiger partial charge >= 0.3 is 11.9 Å². The van der Waals surface area contributed by atoms with Crippen LogP contribution >= 0.6 is 11.8 Å². The SMILES string of the molecule is COc1c(C)cc2c(c1O)[C@H]1[C@@H]3[C@H]4SC[C@H](NC(C)=O)C(=O)OC[C@@H](c5c6c(c(C)c(OC(C)=O)c54)OCO6)N3[C@@H](C#N)C(C2)N1C. The quantitative estimate of drug-likeness (QED) is 0.365. The maximum Gasteiger partial charge on any atom is 0.329 e. The molecule has 2 aromatic carbocycles. The summed E-state index contributed by atoms with van der Waals surface area (Å²) in [4.78, 5) is 42.5. The van der Waals surface area contributed by atoms with E-state index in [1.165, 1.54) is 32.7 Å². The zero-order chi connectivity index (χ0) is 33.5. The fraction of sp³-hybridized carbons (Fsp3) is 0.515. The summed E-state index contributed by atoms with van der Waals surface area (Å²) >= 11 is 1.39. The van der Waals surface area contributed by atoms with E-state index < -0.39 is 47.4 Å². The number of nitrogens with zero attached hydrogens (tertiary/aromatic N) is 3. The fourth-order valence-electron chi connectivity index (χ4n) is 8.31. The highest BCUT2D eigenvalue weighted by Crippen LogP contribution is 2.64. The summed E-state index contributed by atoms with van der Waals surface area (Å²) < 4.78 is 29.6. The second-order valence-electron chi connectivity index (χ2n) is 12.6. The number of nitriles is 1. The molecule has 13 nitrogen and oxygen atoms in total. The molecule has 2 N–H and O–H groups in total. The number of aromatic hydroxyl groups is 1. The highest BCUT2D eigenvalue weighted by atomic mass is 32.2. The molecule has 0 spiro atoms. The van der Waals surface area contributed by atoms with Crippen molar-refractivity contribution in [3.05, 3.63) is 39.4 Å². The number of carbonyl (C=O) groups is 3. The average Bonchev–Trinajstić information content (AvgIpc) is 3.50. The minimum absolute atomic E-state index is 0.0379. The van der Waals surface area contributed by atoms with E-state index in [1.807, 2.05) is 20.0 Å². The van der Waals surface area contributed by atoms with E-state index in [4.69, 9.17) is 23.7 Å². The van der Waals surface area contributed by atoms with Gasteiger partial charge in [0.15, 0.2) is 23.0 Å². The van der Waals surface area contributed by atoms with Crippen molar-refractivity contribution in [2.75, 3.05) is 33.3 Å². The Balaban J connectivity index is 1.54. The third-order valence-electron chi connectivity index (χ3n) is 10.0. The van der Waals surface area contributed by atoms with E-state index >= 15 is 0 Å². The zero-order valence-electron chi connectivity index (χ0n) is 26.9. The van der Waals surface area contributed by atoms with Crippen LogP contribution in [-0.2, 0) is 25.5 Å². The Morgan fingerprint density at radius 1 is 1.13 bits per heavy atom. The third kappa shape index (κ3) is 4.62. The lowest BCUT2D eigenvalue weighted by Gasteiger charge is -2.61. The molecule has 1 unspecified atom stereocenters. The molecule has 2 saturated heterocycles. The lowest BCUT2D eigenvalue weighted by Crippen LogP contribution is -2.69. The molecule has 5 aliphatic heterocycles. The number of likely N-dealkylation sites (N-methyl/N-ethyl adjacent to an activating group) is 1. The topological polar surface area (TPSA) is 160 Å². The van der Waals surface area contributed by atoms with Crippen molar-refractivity contribution in [2.24, 2.45) is 0 Å². The van der Waals surface area contributed by atoms with Gasteiger partial charge in [-0.3, -0.25) is 19.4 Å². The Kier molecular flexibility index (Phi) is 7.69. The van der Waals surface area contributed by atoms with Crippen molar-refractivity contribution in [3.63, 3.8) is 0 Å². The van der Waals surface area contributed by atoms with Gasteiger partial charge in [0.2, 0.25) is 12.7 Å². The maximum absolute atomic E-state index is 13.4. The van der Waals surface area contributed by atoms with Gasteiger partial charge in [-0.15, -0.1) is 11.8 Å². The Labute approximate surface area is 276 Å². The largest absolute Gasteiger partial charge is 0.504 e. The first-order valence-corrected chi connectivity index (χ1v) is 16.5. The van der Waals surface area contributed by atoms with Crippen LogP contribution < -0.4 is 24.3 Å². The molecule has 5 heterocycles. The van der Waals surface area contributed by atoms with Crippen molar-refractivity contribution in [2.45, 2.75) is 75.6 Å². The molecule has 4 bridgehead atoms. The highest BCUT2D eigenvalue weighted by Gasteiger charge is 2.60. The molecule has 47 heavy (non-hydrogen) atoms. The highest BCUT2D eigenvalue weighted by molar-refractivity contribution is 7.99. The summed E-state index contributed by atoms with van der Waals surface area (Å²) in [7, 11) is 3.48. The number of thioether (sulfide) groups is 1. The number of fused-ring (bicyclic) bond motifs is 9. The number of benzene rings is 2. The number of methoxy groups -OCH3 is 1. The first kappa shape index (κ1) is 31.4. The van der Waals surface area contributed by atoms with Gasteiger partial charge in [0.25, 0.3) is 0 Å². The maximum atomic E-state index is 13.4. The van der Waals surface area contributed by atoms with Gasteiger partial charge in [-0.05, 0) is 38.4 Å². The number of amides is 1. The van der Waals surface area contributed by atoms with Gasteiger partial charge < -0.3 is 34.1 Å². The van der Waals surface area contributed by atoms with Crippen LogP contribution in [0.2, 0.25) is 0 Å². The first-order valence-electron chi connectivity index (χ1n) is 15.5. The normalized spacial score (nSPS) is 29.0. The standard InChI is InChI=1S/C33H36N4O9S/c1-13-7-17-8-19-20(9-34)37-21-10-43-33(41)18(35-15(3)38)11-47-32(26(37)25(36(19)5)22(17)27(40)28(13)42-6)24-23(21)31-30(44-12-45-31)14(2)29(24)46-16(4)39/h7,18-21,25-26,32,40H,8,10-12H2,1-6H3,(H,35,38)/t18-,19?,20-,21-,25-,26+,32-/m0/s1. The summed E-state index contributed by atoms with van der Waals surface area (Å²) in [6.45, 7) is 6.13. The summed E-state index contributed by atoms with van der Waals surface area (Å²) in [5.74, 6) is 0.248. The molecular weight excluding hydrogens is 628 g/mol. The predicted octanol–water partition coefficient (Wildman–Crippen LogP) is 2.74. The number of esters is 2. The molecule has 0 saturated carbocycles. The van der Waals surface area contributed by atoms with Crippen molar-refractivity contribution in [1.29, 1.82) is 5.26 Å². The molecule has 5 aliphatic rings. The molecule has 2 aromatic rings. The summed E-state index contributed by atoms with van der Waals surface area (Å²) in [6.07, 6.45) is 0.494. The van der Waals surface area contributed by atoms with Gasteiger partial charge in [-0.1, -0.05) is 6.07 Å². The second kappa shape index (κ2) is 11.5. The predicted molar refractivity (Wildman–Crippen MR) is 168 cm³/mol. The molecule has 7 rings (SSSR count). The molecule has 0 radical (unpaired) electrons. The van der Waals surface area contributed by atoms with E-state index in [9.17, 15) is 24.8 Å². The fourth-order valence-corrected chi connectivity index (χ4v) is 9.82. The number of ether oxygens (including phenoxy) is 5. The van der Waals surface area contributed by atoms with E-state index in [0.29, 0.717) is 51.7 Å². The molecule has 1 amide bonds. The number of rotatable bonds is 3. The molecule has 7 atom stereocenters. The van der Waals surface area contributed by atoms with Gasteiger partial charge in [-0.2, -0.15) is 5.26 Å². The lowest BCUT2D eigenvalue weighted by atomic mass is 9.71. The molecule has 2 fully saturated rings. The molecule has 248 valence electrons. The molecule has 14 heteroatoms. The third-order valence-corrected chi connectivity index (χ3v) is 11.4. The number of hydrogen-bond donors (Lipinski definition) is 2. The summed E-state index contributed by atoms with van der Waals surface area (Å²) in [6, 6.07) is 1.02. The second-order valence-corrected chi connectivity index (χ2v) is 13.8. The van der Waals surface area contributed by atoms with Crippen LogP contribution in [-0.4, -0.2) is 90.2 Å². The molecule has 0 aromatic heterocycles. The Hall–Kier alpha value is -4.19. The van der Waals surface area contributed by atoms with Crippen LogP contribution in [0.15, 0.2) is 6.07 Å². The Morgan fingerprint density at radius 3 is 2.55 bits per heavy atom. The van der Waals surface area contributed by atoms with E-state index in [1.54, 1.807) is 6.92 Å². The van der Waals surface area contributed by atoms with E-state index in [0.717, 1.165) is 11.1 Å². The zero-order valence-corrected chi connectivity index (χ0v) is 27.7. The number of piperazine rings is 1.